The third-order valence-electron chi connectivity index (χ3n) is 3.35. The fourth-order valence-corrected chi connectivity index (χ4v) is 3.01. The first-order valence-electron chi connectivity index (χ1n) is 7.21. The molecule has 0 unspecified atom stereocenters. The van der Waals surface area contributed by atoms with Crippen molar-refractivity contribution in [3.05, 3.63) is 35.4 Å². The standard InChI is InChI=1S/C17H23NO3/c1-16(2,3)10-17(4,5)11-21-18-14(19)12-8-6-7-9-13(12)15(18)20/h6-9H,10-11H2,1-5H3. The molecule has 0 fully saturated rings. The maximum absolute atomic E-state index is 12.2. The largest absolute Gasteiger partial charge is 0.285 e. The molecule has 1 heterocycles. The number of hydrogen-bond acceptors (Lipinski definition) is 3. The predicted octanol–water partition coefficient (Wildman–Crippen LogP) is 3.68. The lowest BCUT2D eigenvalue weighted by Gasteiger charge is -2.32. The summed E-state index contributed by atoms with van der Waals surface area (Å²) in [6.07, 6.45) is 0.934. The predicted molar refractivity (Wildman–Crippen MR) is 80.7 cm³/mol. The van der Waals surface area contributed by atoms with Gasteiger partial charge in [0.15, 0.2) is 0 Å². The Bertz CT molecular complexity index is 535. The van der Waals surface area contributed by atoms with E-state index in [4.69, 9.17) is 4.84 Å². The van der Waals surface area contributed by atoms with Crippen molar-refractivity contribution in [1.29, 1.82) is 0 Å². The first-order valence-corrected chi connectivity index (χ1v) is 7.21. The Morgan fingerprint density at radius 1 is 0.952 bits per heavy atom. The van der Waals surface area contributed by atoms with Crippen LogP contribution in [-0.4, -0.2) is 23.5 Å². The summed E-state index contributed by atoms with van der Waals surface area (Å²) >= 11 is 0. The number of hydrogen-bond donors (Lipinski definition) is 0. The number of carbonyl (C=O) groups is 2. The molecular formula is C17H23NO3. The summed E-state index contributed by atoms with van der Waals surface area (Å²) in [5.74, 6) is -0.746. The molecule has 0 spiro atoms. The summed E-state index contributed by atoms with van der Waals surface area (Å²) in [6.45, 7) is 11.0. The van der Waals surface area contributed by atoms with Crippen LogP contribution in [-0.2, 0) is 4.84 Å². The maximum Gasteiger partial charge on any atom is 0.285 e. The molecule has 4 nitrogen and oxygen atoms in total. The van der Waals surface area contributed by atoms with E-state index in [0.29, 0.717) is 17.7 Å². The lowest BCUT2D eigenvalue weighted by Crippen LogP contribution is -2.35. The van der Waals surface area contributed by atoms with Gasteiger partial charge in [-0.15, -0.1) is 5.06 Å². The topological polar surface area (TPSA) is 46.6 Å². The van der Waals surface area contributed by atoms with Crippen LogP contribution in [0.3, 0.4) is 0 Å². The monoisotopic (exact) mass is 289 g/mol. The molecule has 0 saturated heterocycles. The van der Waals surface area contributed by atoms with Crippen molar-refractivity contribution in [1.82, 2.24) is 5.06 Å². The van der Waals surface area contributed by atoms with E-state index in [0.717, 1.165) is 11.5 Å². The molecule has 1 aliphatic rings. The van der Waals surface area contributed by atoms with Crippen LogP contribution in [0.2, 0.25) is 0 Å². The van der Waals surface area contributed by atoms with Gasteiger partial charge in [-0.05, 0) is 29.4 Å². The van der Waals surface area contributed by atoms with E-state index >= 15 is 0 Å². The lowest BCUT2D eigenvalue weighted by atomic mass is 9.77. The fourth-order valence-electron chi connectivity index (χ4n) is 3.01. The van der Waals surface area contributed by atoms with Crippen LogP contribution < -0.4 is 0 Å². The lowest BCUT2D eigenvalue weighted by molar-refractivity contribution is -0.120. The summed E-state index contributed by atoms with van der Waals surface area (Å²) in [5, 5.41) is 0.898. The van der Waals surface area contributed by atoms with Gasteiger partial charge < -0.3 is 0 Å². The number of fused-ring (bicyclic) bond motifs is 1. The summed E-state index contributed by atoms with van der Waals surface area (Å²) in [6, 6.07) is 6.80. The summed E-state index contributed by atoms with van der Waals surface area (Å²) in [7, 11) is 0. The molecule has 0 saturated carbocycles. The van der Waals surface area contributed by atoms with Crippen molar-refractivity contribution in [2.45, 2.75) is 41.0 Å². The van der Waals surface area contributed by atoms with Crippen LogP contribution >= 0.6 is 0 Å². The van der Waals surface area contributed by atoms with E-state index in [1.165, 1.54) is 0 Å². The molecule has 0 atom stereocenters. The number of rotatable bonds is 4. The van der Waals surface area contributed by atoms with Gasteiger partial charge in [0.2, 0.25) is 0 Å². The second kappa shape index (κ2) is 5.26. The molecule has 1 aromatic carbocycles. The quantitative estimate of drug-likeness (QED) is 0.794. The Hall–Kier alpha value is -1.68. The Labute approximate surface area is 126 Å². The Morgan fingerprint density at radius 2 is 1.43 bits per heavy atom. The SMILES string of the molecule is CC(C)(C)CC(C)(C)CON1C(=O)c2ccccc2C1=O. The van der Waals surface area contributed by atoms with Gasteiger partial charge in [-0.3, -0.25) is 14.4 Å². The zero-order valence-corrected chi connectivity index (χ0v) is 13.4. The van der Waals surface area contributed by atoms with Crippen molar-refractivity contribution in [3.8, 4) is 0 Å². The molecule has 1 aromatic rings. The minimum atomic E-state index is -0.373. The normalized spacial score (nSPS) is 15.6. The third-order valence-corrected chi connectivity index (χ3v) is 3.35. The second-order valence-electron chi connectivity index (χ2n) is 7.63. The van der Waals surface area contributed by atoms with Crippen molar-refractivity contribution < 1.29 is 14.4 Å². The number of nitrogens with zero attached hydrogens (tertiary/aromatic N) is 1. The van der Waals surface area contributed by atoms with Crippen LogP contribution in [0, 0.1) is 10.8 Å². The van der Waals surface area contributed by atoms with E-state index in [1.807, 2.05) is 0 Å². The smallest absolute Gasteiger partial charge is 0.266 e. The van der Waals surface area contributed by atoms with E-state index in [-0.39, 0.29) is 22.6 Å². The Morgan fingerprint density at radius 3 is 1.86 bits per heavy atom. The number of carbonyl (C=O) groups excluding carboxylic acids is 2. The number of amides is 2. The van der Waals surface area contributed by atoms with Crippen LogP contribution in [0.4, 0.5) is 0 Å². The van der Waals surface area contributed by atoms with E-state index in [2.05, 4.69) is 34.6 Å². The highest BCUT2D eigenvalue weighted by atomic mass is 16.7. The second-order valence-corrected chi connectivity index (χ2v) is 7.63. The average molecular weight is 289 g/mol. The Kier molecular flexibility index (Phi) is 3.93. The average Bonchev–Trinajstić information content (AvgIpc) is 2.58. The van der Waals surface area contributed by atoms with Crippen LogP contribution in [0.1, 0.15) is 61.8 Å². The van der Waals surface area contributed by atoms with Gasteiger partial charge in [0.05, 0.1) is 17.7 Å². The van der Waals surface area contributed by atoms with E-state index < -0.39 is 0 Å². The first kappa shape index (κ1) is 15.7. The Balaban J connectivity index is 2.06. The zero-order valence-electron chi connectivity index (χ0n) is 13.4. The highest BCUT2D eigenvalue weighted by Crippen LogP contribution is 2.34. The van der Waals surface area contributed by atoms with Gasteiger partial charge in [0.25, 0.3) is 11.8 Å². The zero-order chi connectivity index (χ0) is 15.8. The van der Waals surface area contributed by atoms with Crippen molar-refractivity contribution in [2.24, 2.45) is 10.8 Å². The highest BCUT2D eigenvalue weighted by molar-refractivity contribution is 6.20. The summed E-state index contributed by atoms with van der Waals surface area (Å²) in [4.78, 5) is 29.9. The first-order chi connectivity index (χ1) is 9.61. The summed E-state index contributed by atoms with van der Waals surface area (Å²) in [5.41, 5.74) is 0.870. The van der Waals surface area contributed by atoms with Gasteiger partial charge in [0, 0.05) is 0 Å². The fraction of sp³-hybridized carbons (Fsp3) is 0.529. The van der Waals surface area contributed by atoms with Crippen molar-refractivity contribution in [3.63, 3.8) is 0 Å². The maximum atomic E-state index is 12.2. The van der Waals surface area contributed by atoms with Crippen molar-refractivity contribution in [2.75, 3.05) is 6.61 Å². The minimum Gasteiger partial charge on any atom is -0.266 e. The van der Waals surface area contributed by atoms with Gasteiger partial charge >= 0.3 is 0 Å². The molecule has 0 bridgehead atoms. The van der Waals surface area contributed by atoms with Gasteiger partial charge in [-0.25, -0.2) is 0 Å². The molecule has 0 aliphatic carbocycles. The number of benzene rings is 1. The molecule has 0 aromatic heterocycles. The van der Waals surface area contributed by atoms with Crippen LogP contribution in [0.5, 0.6) is 0 Å². The molecular weight excluding hydrogens is 266 g/mol. The molecule has 114 valence electrons. The molecule has 0 radical (unpaired) electrons. The number of hydroxylamine groups is 2. The minimum absolute atomic E-state index is 0.117. The third kappa shape index (κ3) is 3.50. The molecule has 21 heavy (non-hydrogen) atoms. The highest BCUT2D eigenvalue weighted by Gasteiger charge is 2.38. The van der Waals surface area contributed by atoms with Crippen LogP contribution in [0.25, 0.3) is 0 Å². The molecule has 2 amide bonds. The molecule has 4 heteroatoms. The molecule has 1 aliphatic heterocycles. The van der Waals surface area contributed by atoms with Crippen molar-refractivity contribution >= 4 is 11.8 Å². The van der Waals surface area contributed by atoms with E-state index in [1.54, 1.807) is 24.3 Å². The number of imide groups is 1. The van der Waals surface area contributed by atoms with Gasteiger partial charge in [0.1, 0.15) is 0 Å². The van der Waals surface area contributed by atoms with Gasteiger partial charge in [-0.2, -0.15) is 0 Å². The molecule has 2 rings (SSSR count). The van der Waals surface area contributed by atoms with E-state index in [9.17, 15) is 9.59 Å². The molecule has 0 N–H and O–H groups in total. The van der Waals surface area contributed by atoms with Crippen LogP contribution in [0.15, 0.2) is 24.3 Å². The van der Waals surface area contributed by atoms with Gasteiger partial charge in [-0.1, -0.05) is 46.8 Å². The summed E-state index contributed by atoms with van der Waals surface area (Å²) < 4.78 is 0.